The van der Waals surface area contributed by atoms with E-state index in [1.54, 1.807) is 18.2 Å². The van der Waals surface area contributed by atoms with Crippen molar-refractivity contribution in [2.75, 3.05) is 49.6 Å². The number of piperazine rings is 1. The Labute approximate surface area is 223 Å². The van der Waals surface area contributed by atoms with Crippen molar-refractivity contribution in [3.05, 3.63) is 83.2 Å². The Morgan fingerprint density at radius 2 is 1.62 bits per heavy atom. The number of para-hydroxylation sites is 1. The van der Waals surface area contributed by atoms with Gasteiger partial charge in [-0.05, 0) is 74.4 Å². The van der Waals surface area contributed by atoms with Crippen LogP contribution in [0.3, 0.4) is 0 Å². The number of hydrogen-bond donors (Lipinski definition) is 1. The molecule has 0 bridgehead atoms. The molecule has 1 aliphatic heterocycles. The van der Waals surface area contributed by atoms with Crippen LogP contribution in [0, 0.1) is 19.7 Å². The highest BCUT2D eigenvalue weighted by Gasteiger charge is 2.21. The lowest BCUT2D eigenvalue weighted by atomic mass is 10.1. The summed E-state index contributed by atoms with van der Waals surface area (Å²) in [6.07, 6.45) is 0. The SMILES string of the molecule is CCOc1cc(C(=S)N2CCN(c3ccc(F)cc3)CC2)ccc1OCC(=O)Nc1c(C)cccc1C. The maximum Gasteiger partial charge on any atom is 0.262 e. The van der Waals surface area contributed by atoms with E-state index in [0.29, 0.717) is 18.1 Å². The number of halogens is 1. The number of benzene rings is 3. The third kappa shape index (κ3) is 6.57. The zero-order valence-corrected chi connectivity index (χ0v) is 22.2. The van der Waals surface area contributed by atoms with Gasteiger partial charge in [-0.3, -0.25) is 4.79 Å². The van der Waals surface area contributed by atoms with E-state index >= 15 is 0 Å². The zero-order chi connectivity index (χ0) is 26.4. The molecule has 1 fully saturated rings. The quantitative estimate of drug-likeness (QED) is 0.403. The molecule has 1 saturated heterocycles. The number of rotatable bonds is 8. The number of thiocarbonyl (C=S) groups is 1. The number of ether oxygens (including phenoxy) is 2. The minimum absolute atomic E-state index is 0.136. The fourth-order valence-corrected chi connectivity index (χ4v) is 4.67. The van der Waals surface area contributed by atoms with Crippen LogP contribution >= 0.6 is 12.2 Å². The average molecular weight is 522 g/mol. The van der Waals surface area contributed by atoms with Crippen molar-refractivity contribution in [3.63, 3.8) is 0 Å². The van der Waals surface area contributed by atoms with E-state index in [1.165, 1.54) is 12.1 Å². The molecule has 194 valence electrons. The molecule has 6 nitrogen and oxygen atoms in total. The lowest BCUT2D eigenvalue weighted by Gasteiger charge is -2.37. The first-order chi connectivity index (χ1) is 17.9. The fraction of sp³-hybridized carbons (Fsp3) is 0.310. The first-order valence-electron chi connectivity index (χ1n) is 12.4. The monoisotopic (exact) mass is 521 g/mol. The van der Waals surface area contributed by atoms with Gasteiger partial charge in [0.05, 0.1) is 6.61 Å². The number of hydrogen-bond acceptors (Lipinski definition) is 5. The van der Waals surface area contributed by atoms with Crippen molar-refractivity contribution >= 4 is 34.5 Å². The third-order valence-electron chi connectivity index (χ3n) is 6.35. The highest BCUT2D eigenvalue weighted by molar-refractivity contribution is 7.80. The van der Waals surface area contributed by atoms with Gasteiger partial charge < -0.3 is 24.6 Å². The van der Waals surface area contributed by atoms with Gasteiger partial charge in [0.2, 0.25) is 0 Å². The molecule has 0 spiro atoms. The molecule has 1 heterocycles. The van der Waals surface area contributed by atoms with Gasteiger partial charge in [-0.25, -0.2) is 4.39 Å². The molecular weight excluding hydrogens is 489 g/mol. The van der Waals surface area contributed by atoms with Crippen LogP contribution in [-0.2, 0) is 4.79 Å². The first kappa shape index (κ1) is 26.4. The molecule has 8 heteroatoms. The topological polar surface area (TPSA) is 54.0 Å². The van der Waals surface area contributed by atoms with Gasteiger partial charge in [0.25, 0.3) is 5.91 Å². The van der Waals surface area contributed by atoms with E-state index in [-0.39, 0.29) is 18.3 Å². The maximum absolute atomic E-state index is 13.2. The molecule has 1 aliphatic rings. The Morgan fingerprint density at radius 1 is 0.946 bits per heavy atom. The summed E-state index contributed by atoms with van der Waals surface area (Å²) < 4.78 is 24.9. The van der Waals surface area contributed by atoms with Crippen molar-refractivity contribution in [2.45, 2.75) is 20.8 Å². The summed E-state index contributed by atoms with van der Waals surface area (Å²) in [6.45, 7) is 9.24. The largest absolute Gasteiger partial charge is 0.490 e. The maximum atomic E-state index is 13.2. The van der Waals surface area contributed by atoms with Crippen LogP contribution in [0.5, 0.6) is 11.5 Å². The van der Waals surface area contributed by atoms with Gasteiger partial charge >= 0.3 is 0 Å². The second-order valence-corrected chi connectivity index (χ2v) is 9.34. The van der Waals surface area contributed by atoms with Crippen LogP contribution in [0.4, 0.5) is 15.8 Å². The smallest absolute Gasteiger partial charge is 0.262 e. The summed E-state index contributed by atoms with van der Waals surface area (Å²) in [5.74, 6) is 0.569. The zero-order valence-electron chi connectivity index (χ0n) is 21.4. The summed E-state index contributed by atoms with van der Waals surface area (Å²) in [4.78, 5) is 17.7. The normalized spacial score (nSPS) is 13.3. The molecule has 0 unspecified atom stereocenters. The minimum atomic E-state index is -0.238. The Balaban J connectivity index is 1.37. The molecule has 0 atom stereocenters. The highest BCUT2D eigenvalue weighted by Crippen LogP contribution is 2.30. The van der Waals surface area contributed by atoms with E-state index in [1.807, 2.05) is 51.1 Å². The van der Waals surface area contributed by atoms with Crippen LogP contribution in [0.15, 0.2) is 60.7 Å². The molecule has 3 aromatic carbocycles. The molecule has 0 saturated carbocycles. The van der Waals surface area contributed by atoms with Gasteiger partial charge in [0.15, 0.2) is 18.1 Å². The number of amides is 1. The highest BCUT2D eigenvalue weighted by atomic mass is 32.1. The molecule has 0 aromatic heterocycles. The summed E-state index contributed by atoms with van der Waals surface area (Å²) in [7, 11) is 0. The van der Waals surface area contributed by atoms with E-state index in [0.717, 1.165) is 59.2 Å². The van der Waals surface area contributed by atoms with E-state index < -0.39 is 0 Å². The molecule has 0 radical (unpaired) electrons. The van der Waals surface area contributed by atoms with E-state index in [9.17, 15) is 9.18 Å². The standard InChI is InChI=1S/C29H32FN3O3S/c1-4-35-26-18-22(29(37)33-16-14-32(15-17-33)24-11-9-23(30)10-12-24)8-13-25(26)36-19-27(34)31-28-20(2)6-5-7-21(28)3/h5-13,18H,4,14-17,19H2,1-3H3,(H,31,34). The Kier molecular flexibility index (Phi) is 8.61. The molecule has 0 aliphatic carbocycles. The van der Waals surface area contributed by atoms with Crippen LogP contribution in [0.25, 0.3) is 0 Å². The summed E-state index contributed by atoms with van der Waals surface area (Å²) >= 11 is 5.80. The second-order valence-electron chi connectivity index (χ2n) is 8.95. The fourth-order valence-electron chi connectivity index (χ4n) is 4.36. The lowest BCUT2D eigenvalue weighted by molar-refractivity contribution is -0.118. The number of nitrogens with one attached hydrogen (secondary N) is 1. The van der Waals surface area contributed by atoms with E-state index in [4.69, 9.17) is 21.7 Å². The van der Waals surface area contributed by atoms with E-state index in [2.05, 4.69) is 15.1 Å². The predicted molar refractivity (Wildman–Crippen MR) is 150 cm³/mol. The molecule has 3 aromatic rings. The molecule has 1 amide bonds. The number of nitrogens with zero attached hydrogens (tertiary/aromatic N) is 2. The number of carbonyl (C=O) groups excluding carboxylic acids is 1. The molecular formula is C29H32FN3O3S. The van der Waals surface area contributed by atoms with Crippen LogP contribution in [0.2, 0.25) is 0 Å². The van der Waals surface area contributed by atoms with Crippen molar-refractivity contribution < 1.29 is 18.7 Å². The summed E-state index contributed by atoms with van der Waals surface area (Å²) in [5.41, 5.74) is 4.68. The lowest BCUT2D eigenvalue weighted by Crippen LogP contribution is -2.48. The minimum Gasteiger partial charge on any atom is -0.490 e. The average Bonchev–Trinajstić information content (AvgIpc) is 2.90. The molecule has 1 N–H and O–H groups in total. The van der Waals surface area contributed by atoms with Crippen molar-refractivity contribution in [3.8, 4) is 11.5 Å². The second kappa shape index (κ2) is 12.1. The Morgan fingerprint density at radius 3 is 2.27 bits per heavy atom. The third-order valence-corrected chi connectivity index (χ3v) is 6.85. The molecule has 37 heavy (non-hydrogen) atoms. The summed E-state index contributed by atoms with van der Waals surface area (Å²) in [6, 6.07) is 18.0. The van der Waals surface area contributed by atoms with Gasteiger partial charge in [-0.1, -0.05) is 30.4 Å². The summed E-state index contributed by atoms with van der Waals surface area (Å²) in [5, 5.41) is 2.94. The van der Waals surface area contributed by atoms with Gasteiger partial charge in [0.1, 0.15) is 10.8 Å². The van der Waals surface area contributed by atoms with Gasteiger partial charge in [0, 0.05) is 43.1 Å². The number of aryl methyl sites for hydroxylation is 2. The van der Waals surface area contributed by atoms with Gasteiger partial charge in [-0.15, -0.1) is 0 Å². The Hall–Kier alpha value is -3.65. The van der Waals surface area contributed by atoms with Crippen LogP contribution < -0.4 is 19.7 Å². The Bertz CT molecular complexity index is 1240. The number of anilines is 2. The predicted octanol–water partition coefficient (Wildman–Crippen LogP) is 5.36. The van der Waals surface area contributed by atoms with Crippen molar-refractivity contribution in [2.24, 2.45) is 0 Å². The number of carbonyl (C=O) groups is 1. The van der Waals surface area contributed by atoms with Crippen LogP contribution in [0.1, 0.15) is 23.6 Å². The van der Waals surface area contributed by atoms with Gasteiger partial charge in [-0.2, -0.15) is 0 Å². The van der Waals surface area contributed by atoms with Crippen molar-refractivity contribution in [1.29, 1.82) is 0 Å². The first-order valence-corrected chi connectivity index (χ1v) is 12.8. The molecule has 4 rings (SSSR count). The van der Waals surface area contributed by atoms with Crippen molar-refractivity contribution in [1.82, 2.24) is 4.90 Å². The van der Waals surface area contributed by atoms with Crippen LogP contribution in [-0.4, -0.2) is 55.2 Å².